The second-order valence-electron chi connectivity index (χ2n) is 8.35. The second kappa shape index (κ2) is 8.27. The van der Waals surface area contributed by atoms with Crippen molar-refractivity contribution in [2.75, 3.05) is 32.2 Å². The van der Waals surface area contributed by atoms with Crippen molar-refractivity contribution < 1.29 is 28.5 Å². The molecule has 5 atom stereocenters. The number of fused-ring (bicyclic) bond motifs is 2. The van der Waals surface area contributed by atoms with Crippen molar-refractivity contribution in [1.29, 1.82) is 0 Å². The molecule has 0 spiro atoms. The van der Waals surface area contributed by atoms with E-state index in [0.29, 0.717) is 30.2 Å². The van der Waals surface area contributed by atoms with Crippen LogP contribution in [0.1, 0.15) is 26.5 Å². The van der Waals surface area contributed by atoms with E-state index in [4.69, 9.17) is 35.3 Å². The zero-order chi connectivity index (χ0) is 22.5. The first kappa shape index (κ1) is 21.6. The van der Waals surface area contributed by atoms with Gasteiger partial charge in [-0.1, -0.05) is 0 Å². The quantitative estimate of drug-likeness (QED) is 0.621. The number of carbonyl (C=O) groups excluding carboxylic acids is 1. The van der Waals surface area contributed by atoms with E-state index in [0.717, 1.165) is 6.42 Å². The van der Waals surface area contributed by atoms with Crippen molar-refractivity contribution >= 4 is 34.7 Å². The molecule has 3 aliphatic rings. The van der Waals surface area contributed by atoms with E-state index in [1.807, 2.05) is 13.8 Å². The Balaban J connectivity index is 1.46. The molecule has 0 radical (unpaired) electrons. The van der Waals surface area contributed by atoms with E-state index in [-0.39, 0.29) is 17.9 Å². The van der Waals surface area contributed by atoms with Crippen LogP contribution < -0.4 is 10.6 Å². The fraction of sp³-hybridized carbons (Fsp3) is 0.684. The Hall–Kier alpha value is -2.25. The van der Waals surface area contributed by atoms with Gasteiger partial charge in [-0.3, -0.25) is 4.57 Å². The Morgan fingerprint density at radius 2 is 2.16 bits per heavy atom. The molecule has 1 amide bonds. The minimum Gasteiger partial charge on any atom is -0.447 e. The molecule has 0 aromatic carbocycles. The molecule has 5 heterocycles. The van der Waals surface area contributed by atoms with Crippen LogP contribution in [0.4, 0.5) is 10.6 Å². The number of carbonyl (C=O) groups is 1. The van der Waals surface area contributed by atoms with Gasteiger partial charge in [0.1, 0.15) is 24.9 Å². The van der Waals surface area contributed by atoms with Gasteiger partial charge in [0, 0.05) is 13.7 Å². The number of aromatic nitrogens is 4. The summed E-state index contributed by atoms with van der Waals surface area (Å²) in [5.74, 6) is -0.284. The lowest BCUT2D eigenvalue weighted by Gasteiger charge is -2.24. The summed E-state index contributed by atoms with van der Waals surface area (Å²) in [7, 11) is 1.49. The number of ether oxygens (including phenoxy) is 5. The maximum Gasteiger partial charge on any atom is 0.406 e. The summed E-state index contributed by atoms with van der Waals surface area (Å²) in [5.41, 5.74) is 1.06. The maximum atomic E-state index is 11.6. The lowest BCUT2D eigenvalue weighted by Crippen LogP contribution is -2.35. The first-order valence-corrected chi connectivity index (χ1v) is 10.8. The van der Waals surface area contributed by atoms with E-state index < -0.39 is 36.4 Å². The molecule has 3 fully saturated rings. The zero-order valence-electron chi connectivity index (χ0n) is 17.9. The van der Waals surface area contributed by atoms with Gasteiger partial charge in [0.2, 0.25) is 5.28 Å². The van der Waals surface area contributed by atoms with Crippen molar-refractivity contribution in [1.82, 2.24) is 24.8 Å². The third kappa shape index (κ3) is 3.97. The standard InChI is InChI=1S/C19H25ClN6O6/c1-19(2)31-12-10(7-29-18(27)21-3)30-16(13(12)32-19)26-8-22-11-14(23-9-4-5-28-6-9)24-17(20)25-15(11)26/h8-10,12-13,16H,4-7H2,1-3H3,(H,21,27)(H,23,24,25). The fourth-order valence-electron chi connectivity index (χ4n) is 4.27. The van der Waals surface area contributed by atoms with E-state index in [2.05, 4.69) is 25.6 Å². The summed E-state index contributed by atoms with van der Waals surface area (Å²) in [5, 5.41) is 5.84. The predicted molar refractivity (Wildman–Crippen MR) is 111 cm³/mol. The number of nitrogens with zero attached hydrogens (tertiary/aromatic N) is 4. The molecule has 0 aliphatic carbocycles. The number of imidazole rings is 1. The SMILES string of the molecule is CNC(=O)OCC1OC(n2cnc3c(NC4CCOC4)nc(Cl)nc32)C2OC(C)(C)OC12. The molecule has 174 valence electrons. The first-order valence-electron chi connectivity index (χ1n) is 10.4. The Labute approximate surface area is 188 Å². The van der Waals surface area contributed by atoms with Crippen LogP contribution in [0.25, 0.3) is 11.2 Å². The zero-order valence-corrected chi connectivity index (χ0v) is 18.7. The predicted octanol–water partition coefficient (Wildman–Crippen LogP) is 1.45. The summed E-state index contributed by atoms with van der Waals surface area (Å²) >= 11 is 6.23. The van der Waals surface area contributed by atoms with E-state index in [1.165, 1.54) is 7.05 Å². The molecular weight excluding hydrogens is 444 g/mol. The van der Waals surface area contributed by atoms with Gasteiger partial charge in [-0.25, -0.2) is 9.78 Å². The number of anilines is 1. The molecule has 0 bridgehead atoms. The Bertz CT molecular complexity index is 1010. The van der Waals surface area contributed by atoms with Gasteiger partial charge in [-0.2, -0.15) is 9.97 Å². The van der Waals surface area contributed by atoms with Crippen LogP contribution in [0.3, 0.4) is 0 Å². The maximum absolute atomic E-state index is 11.6. The first-order chi connectivity index (χ1) is 15.3. The second-order valence-corrected chi connectivity index (χ2v) is 8.69. The average molecular weight is 469 g/mol. The Kier molecular flexibility index (Phi) is 5.58. The third-order valence-electron chi connectivity index (χ3n) is 5.65. The van der Waals surface area contributed by atoms with Crippen molar-refractivity contribution in [2.45, 2.75) is 56.6 Å². The molecule has 2 aromatic heterocycles. The van der Waals surface area contributed by atoms with E-state index in [9.17, 15) is 4.79 Å². The van der Waals surface area contributed by atoms with Crippen LogP contribution in [0.2, 0.25) is 5.28 Å². The molecule has 12 nitrogen and oxygen atoms in total. The smallest absolute Gasteiger partial charge is 0.406 e. The van der Waals surface area contributed by atoms with Crippen molar-refractivity contribution in [2.24, 2.45) is 0 Å². The van der Waals surface area contributed by atoms with Gasteiger partial charge in [0.15, 0.2) is 29.0 Å². The highest BCUT2D eigenvalue weighted by molar-refractivity contribution is 6.28. The van der Waals surface area contributed by atoms with E-state index >= 15 is 0 Å². The van der Waals surface area contributed by atoms with Crippen LogP contribution in [-0.2, 0) is 23.7 Å². The molecule has 2 N–H and O–H groups in total. The van der Waals surface area contributed by atoms with Crippen LogP contribution in [0.5, 0.6) is 0 Å². The topological polar surface area (TPSA) is 131 Å². The molecule has 5 unspecified atom stereocenters. The van der Waals surface area contributed by atoms with Crippen LogP contribution in [0.15, 0.2) is 6.33 Å². The number of amides is 1. The molecule has 2 aromatic rings. The van der Waals surface area contributed by atoms with Crippen LogP contribution in [-0.4, -0.2) is 82.6 Å². The van der Waals surface area contributed by atoms with Crippen molar-refractivity contribution in [3.05, 3.63) is 11.6 Å². The van der Waals surface area contributed by atoms with E-state index in [1.54, 1.807) is 10.9 Å². The lowest BCUT2D eigenvalue weighted by molar-refractivity contribution is -0.199. The van der Waals surface area contributed by atoms with Gasteiger partial charge in [0.05, 0.1) is 19.0 Å². The highest BCUT2D eigenvalue weighted by Crippen LogP contribution is 2.44. The van der Waals surface area contributed by atoms with Gasteiger partial charge < -0.3 is 34.3 Å². The monoisotopic (exact) mass is 468 g/mol. The number of rotatable bonds is 5. The van der Waals surface area contributed by atoms with Gasteiger partial charge >= 0.3 is 6.09 Å². The number of hydrogen-bond acceptors (Lipinski definition) is 10. The molecular formula is C19H25ClN6O6. The Morgan fingerprint density at radius 1 is 1.34 bits per heavy atom. The molecule has 0 saturated carbocycles. The molecule has 3 saturated heterocycles. The summed E-state index contributed by atoms with van der Waals surface area (Å²) in [6.45, 7) is 4.95. The minimum atomic E-state index is -0.819. The van der Waals surface area contributed by atoms with Crippen molar-refractivity contribution in [3.8, 4) is 0 Å². The van der Waals surface area contributed by atoms with Crippen molar-refractivity contribution in [3.63, 3.8) is 0 Å². The molecule has 32 heavy (non-hydrogen) atoms. The summed E-state index contributed by atoms with van der Waals surface area (Å²) in [4.78, 5) is 24.8. The minimum absolute atomic E-state index is 0.00757. The Morgan fingerprint density at radius 3 is 2.91 bits per heavy atom. The number of nitrogens with one attached hydrogen (secondary N) is 2. The molecule has 13 heteroatoms. The highest BCUT2D eigenvalue weighted by Gasteiger charge is 2.56. The largest absolute Gasteiger partial charge is 0.447 e. The van der Waals surface area contributed by atoms with Crippen LogP contribution >= 0.6 is 11.6 Å². The highest BCUT2D eigenvalue weighted by atomic mass is 35.5. The molecule has 3 aliphatic heterocycles. The lowest BCUT2D eigenvalue weighted by atomic mass is 10.1. The number of alkyl carbamates (subject to hydrolysis) is 1. The van der Waals surface area contributed by atoms with Gasteiger partial charge in [-0.05, 0) is 31.9 Å². The van der Waals surface area contributed by atoms with Gasteiger partial charge in [-0.15, -0.1) is 0 Å². The normalized spacial score (nSPS) is 31.1. The summed E-state index contributed by atoms with van der Waals surface area (Å²) in [6.07, 6.45) is -0.120. The van der Waals surface area contributed by atoms with Crippen LogP contribution in [0, 0.1) is 0 Å². The van der Waals surface area contributed by atoms with Gasteiger partial charge in [0.25, 0.3) is 0 Å². The fourth-order valence-corrected chi connectivity index (χ4v) is 4.43. The average Bonchev–Trinajstić information content (AvgIpc) is 3.50. The summed E-state index contributed by atoms with van der Waals surface area (Å²) in [6, 6.07) is 0.125. The summed E-state index contributed by atoms with van der Waals surface area (Å²) < 4.78 is 30.8. The third-order valence-corrected chi connectivity index (χ3v) is 5.82. The molecule has 5 rings (SSSR count). The number of hydrogen-bond donors (Lipinski definition) is 2. The number of halogens is 1.